The zero-order chi connectivity index (χ0) is 31.9. The fourth-order valence-corrected chi connectivity index (χ4v) is 9.65. The highest BCUT2D eigenvalue weighted by molar-refractivity contribution is 6.01. The maximum absolute atomic E-state index is 17.6. The normalized spacial score (nSPS) is 39.9. The van der Waals surface area contributed by atoms with Gasteiger partial charge in [0.25, 0.3) is 0 Å². The van der Waals surface area contributed by atoms with Crippen LogP contribution in [0.1, 0.15) is 68.1 Å². The number of aliphatic hydroxyl groups is 3. The number of aliphatic hydroxyl groups excluding tert-OH is 3. The summed E-state index contributed by atoms with van der Waals surface area (Å²) in [5.74, 6) is -1.66. The van der Waals surface area contributed by atoms with E-state index < -0.39 is 58.9 Å². The average molecular weight is 618 g/mol. The number of nitrogens with two attached hydrogens (primary N) is 1. The number of rotatable bonds is 6. The zero-order valence-corrected chi connectivity index (χ0v) is 25.5. The van der Waals surface area contributed by atoms with E-state index in [0.29, 0.717) is 48.1 Å². The largest absolute Gasteiger partial charge is 0.398 e. The number of nitrogen functional groups attached to an aromatic ring is 1. The van der Waals surface area contributed by atoms with Gasteiger partial charge in [0.15, 0.2) is 29.1 Å². The molecule has 0 unspecified atom stereocenters. The zero-order valence-electron chi connectivity index (χ0n) is 25.5. The minimum atomic E-state index is -2.04. The first-order valence-corrected chi connectivity index (χ1v) is 15.8. The number of hydrogen-bond acceptors (Lipinski definition) is 8. The molecular weight excluding hydrogens is 577 g/mol. The lowest BCUT2D eigenvalue weighted by molar-refractivity contribution is -0.231. The number of fused-ring (bicyclic) bond motifs is 7. The fraction of sp³-hybridized carbons (Fsp3) is 0.500. The molecule has 1 saturated heterocycles. The number of alkyl halides is 1. The van der Waals surface area contributed by atoms with E-state index in [1.165, 1.54) is 12.2 Å². The molecule has 0 aromatic heterocycles. The van der Waals surface area contributed by atoms with Gasteiger partial charge in [-0.3, -0.25) is 9.59 Å². The Morgan fingerprint density at radius 3 is 2.51 bits per heavy atom. The molecule has 9 atom stereocenters. The molecule has 5 N–H and O–H groups in total. The summed E-state index contributed by atoms with van der Waals surface area (Å²) in [6, 6.07) is 13.3. The number of ketones is 2. The molecule has 0 spiro atoms. The Morgan fingerprint density at radius 1 is 1.09 bits per heavy atom. The summed E-state index contributed by atoms with van der Waals surface area (Å²) in [4.78, 5) is 25.9. The summed E-state index contributed by atoms with van der Waals surface area (Å²) in [7, 11) is 0. The van der Waals surface area contributed by atoms with Gasteiger partial charge in [-0.1, -0.05) is 55.0 Å². The first-order valence-electron chi connectivity index (χ1n) is 15.8. The third-order valence-corrected chi connectivity index (χ3v) is 12.0. The van der Waals surface area contributed by atoms with Crippen molar-refractivity contribution in [1.82, 2.24) is 0 Å². The third-order valence-electron chi connectivity index (χ3n) is 12.0. The van der Waals surface area contributed by atoms with Crippen LogP contribution in [-0.2, 0) is 32.1 Å². The van der Waals surface area contributed by atoms with Crippen LogP contribution >= 0.6 is 0 Å². The number of anilines is 1. The monoisotopic (exact) mass is 617 g/mol. The maximum Gasteiger partial charge on any atom is 0.193 e. The molecule has 4 fully saturated rings. The van der Waals surface area contributed by atoms with Gasteiger partial charge in [0.1, 0.15) is 6.61 Å². The molecule has 9 heteroatoms. The summed E-state index contributed by atoms with van der Waals surface area (Å²) in [5.41, 5.74) is 4.95. The van der Waals surface area contributed by atoms with Crippen molar-refractivity contribution in [3.05, 3.63) is 88.5 Å². The highest BCUT2D eigenvalue weighted by atomic mass is 19.1. The van der Waals surface area contributed by atoms with Gasteiger partial charge in [0, 0.05) is 33.6 Å². The van der Waals surface area contributed by atoms with Crippen molar-refractivity contribution < 1.29 is 38.8 Å². The molecule has 0 radical (unpaired) electrons. The van der Waals surface area contributed by atoms with Gasteiger partial charge in [0.2, 0.25) is 0 Å². The Kier molecular flexibility index (Phi) is 7.04. The number of Topliss-reactive ketones (excluding diaryl/α,β-unsaturated/α-hetero) is 1. The van der Waals surface area contributed by atoms with Crippen molar-refractivity contribution in [1.29, 1.82) is 0 Å². The van der Waals surface area contributed by atoms with Gasteiger partial charge in [-0.05, 0) is 74.3 Å². The fourth-order valence-electron chi connectivity index (χ4n) is 9.65. The van der Waals surface area contributed by atoms with Crippen LogP contribution in [0.2, 0.25) is 0 Å². The first kappa shape index (κ1) is 30.4. The number of allylic oxidation sites excluding steroid dienone is 4. The molecule has 3 saturated carbocycles. The van der Waals surface area contributed by atoms with Crippen LogP contribution in [0.4, 0.5) is 10.1 Å². The van der Waals surface area contributed by atoms with E-state index >= 15 is 4.39 Å². The highest BCUT2D eigenvalue weighted by Crippen LogP contribution is 2.72. The molecule has 1 heterocycles. The number of halogens is 1. The van der Waals surface area contributed by atoms with E-state index in [2.05, 4.69) is 0 Å². The van der Waals surface area contributed by atoms with Gasteiger partial charge in [0.05, 0.1) is 18.8 Å². The van der Waals surface area contributed by atoms with Crippen LogP contribution in [0.25, 0.3) is 0 Å². The van der Waals surface area contributed by atoms with Crippen LogP contribution < -0.4 is 5.73 Å². The molecule has 4 aliphatic carbocycles. The Bertz CT molecular complexity index is 1620. The first-order chi connectivity index (χ1) is 21.4. The lowest BCUT2D eigenvalue weighted by Crippen LogP contribution is -2.69. The van der Waals surface area contributed by atoms with Gasteiger partial charge in [-0.15, -0.1) is 0 Å². The molecule has 238 valence electrons. The van der Waals surface area contributed by atoms with Crippen molar-refractivity contribution in [3.8, 4) is 0 Å². The Labute approximate surface area is 261 Å². The standard InChI is InChI=1S/C36H40FNO7/c1-33-12-11-25(41)15-24(33)9-10-26-27-16-31-36(30(43)19-40,34(27,2)17-29(42)35(26,33)37)45-32(44-31)22-6-3-20(4-7-22)13-21-5-8-23(18-39)28(38)14-21/h3-8,11-12,14-15,26-27,29,31-32,39-40,42H,9-10,13,16-19,38H2,1-2H3/t26-,27-,29-,31+,32+,33-,34-,35-,36+/m0/s1. The number of carbonyl (C=O) groups excluding carboxylic acids is 2. The molecule has 5 aliphatic rings. The summed E-state index contributed by atoms with van der Waals surface area (Å²) in [5, 5.41) is 31.3. The third kappa shape index (κ3) is 4.07. The van der Waals surface area contributed by atoms with Crippen LogP contribution in [-0.4, -0.2) is 57.0 Å². The van der Waals surface area contributed by atoms with Crippen molar-refractivity contribution in [3.63, 3.8) is 0 Å². The van der Waals surface area contributed by atoms with E-state index in [4.69, 9.17) is 15.2 Å². The van der Waals surface area contributed by atoms with E-state index in [0.717, 1.165) is 11.1 Å². The van der Waals surface area contributed by atoms with E-state index in [9.17, 15) is 24.9 Å². The molecule has 0 bridgehead atoms. The number of hydrogen-bond donors (Lipinski definition) is 4. The van der Waals surface area contributed by atoms with E-state index in [-0.39, 0.29) is 24.7 Å². The number of ether oxygens (including phenoxy) is 2. The van der Waals surface area contributed by atoms with Crippen LogP contribution in [0.3, 0.4) is 0 Å². The smallest absolute Gasteiger partial charge is 0.193 e. The summed E-state index contributed by atoms with van der Waals surface area (Å²) >= 11 is 0. The van der Waals surface area contributed by atoms with Gasteiger partial charge >= 0.3 is 0 Å². The quantitative estimate of drug-likeness (QED) is 0.356. The minimum Gasteiger partial charge on any atom is -0.398 e. The predicted molar refractivity (Wildman–Crippen MR) is 163 cm³/mol. The molecule has 2 aromatic rings. The SMILES string of the molecule is C[C@]12C=CC(=O)C=C1CC[C@H]1[C@@H]3C[C@H]4O[C@@H](c5ccc(Cc6ccc(CO)c(N)c6)cc5)O[C@@]4(C(=O)CO)[C@@]3(C)C[C@H](O)[C@@]12F. The maximum atomic E-state index is 17.6. The van der Waals surface area contributed by atoms with Gasteiger partial charge in [-0.2, -0.15) is 0 Å². The Hall–Kier alpha value is -3.21. The second kappa shape index (κ2) is 10.4. The Balaban J connectivity index is 1.17. The summed E-state index contributed by atoms with van der Waals surface area (Å²) < 4.78 is 30.7. The molecule has 0 amide bonds. The van der Waals surface area contributed by atoms with Crippen molar-refractivity contribution in [2.45, 2.75) is 82.3 Å². The van der Waals surface area contributed by atoms with Crippen molar-refractivity contribution >= 4 is 17.3 Å². The Morgan fingerprint density at radius 2 is 1.82 bits per heavy atom. The summed E-state index contributed by atoms with van der Waals surface area (Å²) in [6.45, 7) is 2.76. The second-order valence-corrected chi connectivity index (χ2v) is 14.0. The minimum absolute atomic E-state index is 0.0508. The van der Waals surface area contributed by atoms with Gasteiger partial charge < -0.3 is 30.5 Å². The summed E-state index contributed by atoms with van der Waals surface area (Å²) in [6.07, 6.45) is 3.33. The topological polar surface area (TPSA) is 139 Å². The number of benzene rings is 2. The molecule has 8 nitrogen and oxygen atoms in total. The molecule has 1 aliphatic heterocycles. The number of carbonyl (C=O) groups is 2. The lowest BCUT2D eigenvalue weighted by atomic mass is 9.44. The second-order valence-electron chi connectivity index (χ2n) is 14.0. The molecule has 2 aromatic carbocycles. The van der Waals surface area contributed by atoms with Crippen molar-refractivity contribution in [2.75, 3.05) is 12.3 Å². The van der Waals surface area contributed by atoms with Crippen LogP contribution in [0.15, 0.2) is 66.3 Å². The van der Waals surface area contributed by atoms with Crippen molar-refractivity contribution in [2.24, 2.45) is 22.7 Å². The van der Waals surface area contributed by atoms with Crippen LogP contribution in [0, 0.1) is 22.7 Å². The molecular formula is C36H40FNO7. The lowest BCUT2D eigenvalue weighted by Gasteiger charge is -2.62. The molecule has 45 heavy (non-hydrogen) atoms. The van der Waals surface area contributed by atoms with Gasteiger partial charge in [-0.25, -0.2) is 4.39 Å². The van der Waals surface area contributed by atoms with Crippen LogP contribution in [0.5, 0.6) is 0 Å². The van der Waals surface area contributed by atoms with E-state index in [1.807, 2.05) is 49.4 Å². The van der Waals surface area contributed by atoms with E-state index in [1.54, 1.807) is 13.0 Å². The average Bonchev–Trinajstić information content (AvgIpc) is 3.51. The highest BCUT2D eigenvalue weighted by Gasteiger charge is 2.79. The predicted octanol–water partition coefficient (Wildman–Crippen LogP) is 4.05. The molecule has 7 rings (SSSR count).